The van der Waals surface area contributed by atoms with E-state index < -0.39 is 0 Å². The van der Waals surface area contributed by atoms with E-state index in [9.17, 15) is 0 Å². The number of nitrogens with zero attached hydrogens (tertiary/aromatic N) is 2. The van der Waals surface area contributed by atoms with Crippen molar-refractivity contribution in [1.82, 2.24) is 15.0 Å². The second-order valence-corrected chi connectivity index (χ2v) is 4.67. The molecule has 5 heteroatoms. The number of aromatic amines is 1. The zero-order valence-electron chi connectivity index (χ0n) is 11.4. The van der Waals surface area contributed by atoms with E-state index >= 15 is 0 Å². The molecule has 2 aromatic heterocycles. The minimum Gasteiger partial charge on any atom is -0.369 e. The minimum atomic E-state index is 0.575. The van der Waals surface area contributed by atoms with Crippen molar-refractivity contribution in [3.8, 4) is 11.3 Å². The SMILES string of the molecule is Cc1[nH]c2ccccc2c1-c1cc(NCCN)ncn1. The van der Waals surface area contributed by atoms with Gasteiger partial charge in [-0.05, 0) is 13.0 Å². The van der Waals surface area contributed by atoms with Crippen LogP contribution in [0.2, 0.25) is 0 Å². The van der Waals surface area contributed by atoms with Gasteiger partial charge in [0.25, 0.3) is 0 Å². The zero-order chi connectivity index (χ0) is 13.9. The van der Waals surface area contributed by atoms with Crippen LogP contribution in [0, 0.1) is 6.92 Å². The molecule has 0 atom stereocenters. The molecule has 0 aliphatic heterocycles. The molecule has 0 spiro atoms. The number of hydrogen-bond donors (Lipinski definition) is 3. The number of hydrogen-bond acceptors (Lipinski definition) is 4. The molecule has 0 aliphatic rings. The maximum Gasteiger partial charge on any atom is 0.129 e. The zero-order valence-corrected chi connectivity index (χ0v) is 11.4. The van der Waals surface area contributed by atoms with E-state index in [1.807, 2.05) is 18.2 Å². The van der Waals surface area contributed by atoms with Gasteiger partial charge in [0.2, 0.25) is 0 Å². The molecule has 102 valence electrons. The lowest BCUT2D eigenvalue weighted by molar-refractivity contribution is 1.00. The fourth-order valence-electron chi connectivity index (χ4n) is 2.40. The number of para-hydroxylation sites is 1. The normalized spacial score (nSPS) is 10.9. The van der Waals surface area contributed by atoms with Crippen molar-refractivity contribution in [2.24, 2.45) is 5.73 Å². The Hall–Kier alpha value is -2.40. The first-order valence-electron chi connectivity index (χ1n) is 6.63. The minimum absolute atomic E-state index is 0.575. The Balaban J connectivity index is 2.08. The Bertz CT molecular complexity index is 732. The molecular weight excluding hydrogens is 250 g/mol. The van der Waals surface area contributed by atoms with Gasteiger partial charge in [0.05, 0.1) is 5.69 Å². The number of rotatable bonds is 4. The van der Waals surface area contributed by atoms with Gasteiger partial charge >= 0.3 is 0 Å². The first-order chi connectivity index (χ1) is 9.79. The van der Waals surface area contributed by atoms with Gasteiger partial charge in [-0.25, -0.2) is 9.97 Å². The van der Waals surface area contributed by atoms with Gasteiger partial charge in [-0.15, -0.1) is 0 Å². The smallest absolute Gasteiger partial charge is 0.129 e. The highest BCUT2D eigenvalue weighted by molar-refractivity contribution is 5.96. The van der Waals surface area contributed by atoms with Gasteiger partial charge in [0, 0.05) is 41.3 Å². The Labute approximate surface area is 117 Å². The lowest BCUT2D eigenvalue weighted by atomic mass is 10.1. The molecule has 3 rings (SSSR count). The van der Waals surface area contributed by atoms with Crippen LogP contribution in [0.25, 0.3) is 22.2 Å². The number of aromatic nitrogens is 3. The number of nitrogens with two attached hydrogens (primary N) is 1. The van der Waals surface area contributed by atoms with Gasteiger partial charge in [0.1, 0.15) is 12.1 Å². The molecule has 2 heterocycles. The first-order valence-corrected chi connectivity index (χ1v) is 6.63. The molecule has 1 aromatic carbocycles. The van der Waals surface area contributed by atoms with E-state index in [4.69, 9.17) is 5.73 Å². The van der Waals surface area contributed by atoms with Crippen LogP contribution in [0.15, 0.2) is 36.7 Å². The average molecular weight is 267 g/mol. The summed E-state index contributed by atoms with van der Waals surface area (Å²) < 4.78 is 0. The summed E-state index contributed by atoms with van der Waals surface area (Å²) in [7, 11) is 0. The number of benzene rings is 1. The van der Waals surface area contributed by atoms with E-state index in [0.717, 1.165) is 28.3 Å². The summed E-state index contributed by atoms with van der Waals surface area (Å²) >= 11 is 0. The van der Waals surface area contributed by atoms with Gasteiger partial charge in [-0.3, -0.25) is 0 Å². The molecule has 0 bridgehead atoms. The van der Waals surface area contributed by atoms with Crippen LogP contribution in [-0.2, 0) is 0 Å². The van der Waals surface area contributed by atoms with Crippen molar-refractivity contribution in [1.29, 1.82) is 0 Å². The largest absolute Gasteiger partial charge is 0.369 e. The third-order valence-corrected chi connectivity index (χ3v) is 3.27. The fourth-order valence-corrected chi connectivity index (χ4v) is 2.40. The van der Waals surface area contributed by atoms with E-state index in [-0.39, 0.29) is 0 Å². The Morgan fingerprint density at radius 1 is 1.25 bits per heavy atom. The van der Waals surface area contributed by atoms with E-state index in [1.54, 1.807) is 6.33 Å². The predicted molar refractivity (Wildman–Crippen MR) is 81.6 cm³/mol. The van der Waals surface area contributed by atoms with Crippen LogP contribution < -0.4 is 11.1 Å². The van der Waals surface area contributed by atoms with Crippen LogP contribution in [-0.4, -0.2) is 28.0 Å². The second-order valence-electron chi connectivity index (χ2n) is 4.67. The average Bonchev–Trinajstić information content (AvgIpc) is 2.81. The molecule has 0 fully saturated rings. The Morgan fingerprint density at radius 3 is 2.95 bits per heavy atom. The van der Waals surface area contributed by atoms with E-state index in [2.05, 4.69) is 39.3 Å². The van der Waals surface area contributed by atoms with Crippen LogP contribution in [0.1, 0.15) is 5.69 Å². The van der Waals surface area contributed by atoms with Crippen LogP contribution in [0.4, 0.5) is 5.82 Å². The Morgan fingerprint density at radius 2 is 2.10 bits per heavy atom. The third-order valence-electron chi connectivity index (χ3n) is 3.27. The second kappa shape index (κ2) is 5.30. The van der Waals surface area contributed by atoms with Crippen molar-refractivity contribution in [2.45, 2.75) is 6.92 Å². The van der Waals surface area contributed by atoms with Crippen molar-refractivity contribution in [3.63, 3.8) is 0 Å². The molecule has 4 N–H and O–H groups in total. The van der Waals surface area contributed by atoms with Gasteiger partial charge in [-0.1, -0.05) is 18.2 Å². The maximum atomic E-state index is 5.50. The number of anilines is 1. The van der Waals surface area contributed by atoms with Crippen molar-refractivity contribution in [2.75, 3.05) is 18.4 Å². The van der Waals surface area contributed by atoms with Crippen LogP contribution in [0.3, 0.4) is 0 Å². The van der Waals surface area contributed by atoms with Gasteiger partial charge in [-0.2, -0.15) is 0 Å². The fraction of sp³-hybridized carbons (Fsp3) is 0.200. The first kappa shape index (κ1) is 12.6. The summed E-state index contributed by atoms with van der Waals surface area (Å²) in [6.07, 6.45) is 1.58. The highest BCUT2D eigenvalue weighted by Gasteiger charge is 2.11. The van der Waals surface area contributed by atoms with Crippen molar-refractivity contribution in [3.05, 3.63) is 42.4 Å². The summed E-state index contributed by atoms with van der Waals surface area (Å²) in [5, 5.41) is 4.35. The number of H-pyrrole nitrogens is 1. The number of aryl methyl sites for hydroxylation is 1. The number of fused-ring (bicyclic) bond motifs is 1. The standard InChI is InChI=1S/C15H17N5/c1-10-15(11-4-2-3-5-12(11)20-10)13-8-14(17-7-6-16)19-9-18-13/h2-5,8-9,20H,6-7,16H2,1H3,(H,17,18,19). The summed E-state index contributed by atoms with van der Waals surface area (Å²) in [6.45, 7) is 3.33. The molecule has 20 heavy (non-hydrogen) atoms. The number of nitrogens with one attached hydrogen (secondary N) is 2. The van der Waals surface area contributed by atoms with Gasteiger partial charge in [0.15, 0.2) is 0 Å². The maximum absolute atomic E-state index is 5.50. The Kier molecular flexibility index (Phi) is 3.35. The monoisotopic (exact) mass is 267 g/mol. The molecule has 0 radical (unpaired) electrons. The molecule has 0 amide bonds. The van der Waals surface area contributed by atoms with Crippen molar-refractivity contribution < 1.29 is 0 Å². The molecular formula is C15H17N5. The topological polar surface area (TPSA) is 79.6 Å². The van der Waals surface area contributed by atoms with Crippen LogP contribution >= 0.6 is 0 Å². The molecule has 0 saturated carbocycles. The third kappa shape index (κ3) is 2.23. The highest BCUT2D eigenvalue weighted by atomic mass is 15.0. The molecule has 5 nitrogen and oxygen atoms in total. The van der Waals surface area contributed by atoms with Gasteiger partial charge < -0.3 is 16.0 Å². The summed E-state index contributed by atoms with van der Waals surface area (Å²) in [5.41, 5.74) is 9.76. The molecule has 0 saturated heterocycles. The lowest BCUT2D eigenvalue weighted by Gasteiger charge is -2.06. The molecule has 0 aliphatic carbocycles. The quantitative estimate of drug-likeness (QED) is 0.677. The van der Waals surface area contributed by atoms with Crippen molar-refractivity contribution >= 4 is 16.7 Å². The summed E-state index contributed by atoms with van der Waals surface area (Å²) in [4.78, 5) is 12.0. The van der Waals surface area contributed by atoms with E-state index in [1.165, 1.54) is 5.39 Å². The molecule has 3 aromatic rings. The van der Waals surface area contributed by atoms with Crippen LogP contribution in [0.5, 0.6) is 0 Å². The van der Waals surface area contributed by atoms with E-state index in [0.29, 0.717) is 13.1 Å². The lowest BCUT2D eigenvalue weighted by Crippen LogP contribution is -2.13. The summed E-state index contributed by atoms with van der Waals surface area (Å²) in [5.74, 6) is 0.796. The summed E-state index contributed by atoms with van der Waals surface area (Å²) in [6, 6.07) is 10.2. The predicted octanol–water partition coefficient (Wildman–Crippen LogP) is 2.30. The molecule has 0 unspecified atom stereocenters. The highest BCUT2D eigenvalue weighted by Crippen LogP contribution is 2.31.